The molecule has 0 bridgehead atoms. The van der Waals surface area contributed by atoms with Crippen LogP contribution >= 0.6 is 11.6 Å². The number of anilines is 3. The summed E-state index contributed by atoms with van der Waals surface area (Å²) in [7, 11) is 1.44. The molecular formula is C25H26ClF3N10O2. The molecule has 12 nitrogen and oxygen atoms in total. The standard InChI is InChI=1S/C25H26ClF3N10O2/c1-23(2,13-30)38-19(41)10-16(12-34-38)35-21-20(25(27,28)29)17(36-22(32-4)37-21)7-5-6-8-24(3,14-31)39-18(40)9-15(26)11-33-39/h9-12H,5-8H2,1-4H3,(H2,32,35,36,37). The minimum Gasteiger partial charge on any atom is -0.357 e. The molecule has 16 heteroatoms. The summed E-state index contributed by atoms with van der Waals surface area (Å²) in [6.45, 7) is 4.44. The Morgan fingerprint density at radius 1 is 0.976 bits per heavy atom. The maximum Gasteiger partial charge on any atom is 0.421 e. The Labute approximate surface area is 237 Å². The average molecular weight is 591 g/mol. The van der Waals surface area contributed by atoms with Crippen molar-refractivity contribution in [2.24, 2.45) is 0 Å². The van der Waals surface area contributed by atoms with Gasteiger partial charge in [0.25, 0.3) is 11.1 Å². The minimum absolute atomic E-state index is 0.0668. The van der Waals surface area contributed by atoms with E-state index in [1.54, 1.807) is 0 Å². The number of nitrogens with one attached hydrogen (secondary N) is 2. The van der Waals surface area contributed by atoms with E-state index in [0.717, 1.165) is 27.7 Å². The molecule has 3 aromatic heterocycles. The number of alkyl halides is 3. The van der Waals surface area contributed by atoms with Crippen molar-refractivity contribution in [2.75, 3.05) is 17.7 Å². The van der Waals surface area contributed by atoms with Crippen LogP contribution in [0.4, 0.5) is 30.6 Å². The Morgan fingerprint density at radius 2 is 1.63 bits per heavy atom. The quantitative estimate of drug-likeness (QED) is 0.330. The number of aryl methyl sites for hydroxylation is 1. The topological polar surface area (TPSA) is 167 Å². The maximum atomic E-state index is 14.3. The second-order valence-electron chi connectivity index (χ2n) is 9.77. The van der Waals surface area contributed by atoms with E-state index < -0.39 is 39.8 Å². The molecule has 0 spiro atoms. The number of nitriles is 2. The molecule has 216 valence electrons. The van der Waals surface area contributed by atoms with Gasteiger partial charge in [0.1, 0.15) is 22.5 Å². The van der Waals surface area contributed by atoms with E-state index in [-0.39, 0.29) is 48.0 Å². The highest BCUT2D eigenvalue weighted by Crippen LogP contribution is 2.38. The van der Waals surface area contributed by atoms with Gasteiger partial charge in [-0.2, -0.15) is 38.9 Å². The van der Waals surface area contributed by atoms with Gasteiger partial charge < -0.3 is 10.6 Å². The van der Waals surface area contributed by atoms with Gasteiger partial charge in [0.2, 0.25) is 5.95 Å². The zero-order valence-electron chi connectivity index (χ0n) is 22.5. The molecule has 0 aliphatic heterocycles. The fourth-order valence-electron chi connectivity index (χ4n) is 4.00. The van der Waals surface area contributed by atoms with Crippen LogP contribution in [0.25, 0.3) is 0 Å². The molecule has 0 fully saturated rings. The van der Waals surface area contributed by atoms with Crippen molar-refractivity contribution in [1.29, 1.82) is 10.5 Å². The third-order valence-electron chi connectivity index (χ3n) is 6.16. The fourth-order valence-corrected chi connectivity index (χ4v) is 4.13. The molecule has 3 aromatic rings. The van der Waals surface area contributed by atoms with Crippen LogP contribution in [0, 0.1) is 22.7 Å². The highest BCUT2D eigenvalue weighted by molar-refractivity contribution is 6.30. The first kappa shape index (κ1) is 31.0. The predicted molar refractivity (Wildman–Crippen MR) is 144 cm³/mol. The second kappa shape index (κ2) is 11.9. The van der Waals surface area contributed by atoms with Gasteiger partial charge in [0, 0.05) is 19.2 Å². The monoisotopic (exact) mass is 590 g/mol. The summed E-state index contributed by atoms with van der Waals surface area (Å²) in [5.41, 5.74) is -5.41. The van der Waals surface area contributed by atoms with Gasteiger partial charge >= 0.3 is 6.18 Å². The second-order valence-corrected chi connectivity index (χ2v) is 10.2. The maximum absolute atomic E-state index is 14.3. The summed E-state index contributed by atoms with van der Waals surface area (Å²) in [6, 6.07) is 6.11. The van der Waals surface area contributed by atoms with Crippen molar-refractivity contribution in [2.45, 2.75) is 63.7 Å². The smallest absolute Gasteiger partial charge is 0.357 e. The van der Waals surface area contributed by atoms with Crippen molar-refractivity contribution in [3.8, 4) is 12.1 Å². The zero-order chi connectivity index (χ0) is 30.6. The molecule has 0 saturated carbocycles. The number of rotatable bonds is 10. The van der Waals surface area contributed by atoms with Gasteiger partial charge in [-0.25, -0.2) is 14.3 Å². The normalized spacial score (nSPS) is 13.1. The molecule has 0 amide bonds. The molecule has 1 unspecified atom stereocenters. The van der Waals surface area contributed by atoms with Crippen LogP contribution in [-0.4, -0.2) is 36.6 Å². The van der Waals surface area contributed by atoms with Crippen LogP contribution in [0.5, 0.6) is 0 Å². The number of hydrogen-bond acceptors (Lipinski definition) is 10. The first-order chi connectivity index (χ1) is 19.1. The summed E-state index contributed by atoms with van der Waals surface area (Å²) in [6.07, 6.45) is -2.09. The summed E-state index contributed by atoms with van der Waals surface area (Å²) in [4.78, 5) is 32.8. The van der Waals surface area contributed by atoms with Crippen molar-refractivity contribution < 1.29 is 13.2 Å². The Morgan fingerprint density at radius 3 is 2.20 bits per heavy atom. The molecule has 0 aliphatic carbocycles. The number of halogens is 4. The summed E-state index contributed by atoms with van der Waals surface area (Å²) in [5.74, 6) is -0.690. The summed E-state index contributed by atoms with van der Waals surface area (Å²) < 4.78 is 44.8. The lowest BCUT2D eigenvalue weighted by molar-refractivity contribution is -0.138. The number of hydrogen-bond donors (Lipinski definition) is 2. The van der Waals surface area contributed by atoms with Gasteiger partial charge in [-0.3, -0.25) is 9.59 Å². The average Bonchev–Trinajstić information content (AvgIpc) is 2.89. The van der Waals surface area contributed by atoms with Gasteiger partial charge in [0.05, 0.1) is 40.9 Å². The van der Waals surface area contributed by atoms with Crippen LogP contribution < -0.4 is 21.8 Å². The molecule has 3 heterocycles. The van der Waals surface area contributed by atoms with Crippen LogP contribution in [0.3, 0.4) is 0 Å². The molecule has 0 aliphatic rings. The van der Waals surface area contributed by atoms with E-state index in [0.29, 0.717) is 0 Å². The first-order valence-electron chi connectivity index (χ1n) is 12.3. The van der Waals surface area contributed by atoms with E-state index in [1.165, 1.54) is 34.0 Å². The largest absolute Gasteiger partial charge is 0.421 e. The summed E-state index contributed by atoms with van der Waals surface area (Å²) >= 11 is 5.78. The van der Waals surface area contributed by atoms with E-state index >= 15 is 0 Å². The Hall–Kier alpha value is -4.50. The third kappa shape index (κ3) is 6.99. The van der Waals surface area contributed by atoms with E-state index in [9.17, 15) is 33.3 Å². The van der Waals surface area contributed by atoms with Crippen molar-refractivity contribution >= 4 is 29.1 Å². The molecule has 3 rings (SSSR count). The molecule has 41 heavy (non-hydrogen) atoms. The van der Waals surface area contributed by atoms with Gasteiger partial charge in [-0.15, -0.1) is 0 Å². The van der Waals surface area contributed by atoms with Crippen LogP contribution in [-0.2, 0) is 23.7 Å². The van der Waals surface area contributed by atoms with Crippen LogP contribution in [0.2, 0.25) is 5.02 Å². The Balaban J connectivity index is 1.90. The van der Waals surface area contributed by atoms with Crippen molar-refractivity contribution in [3.05, 3.63) is 61.5 Å². The predicted octanol–water partition coefficient (Wildman–Crippen LogP) is 3.96. The van der Waals surface area contributed by atoms with Crippen LogP contribution in [0.1, 0.15) is 51.3 Å². The lowest BCUT2D eigenvalue weighted by Gasteiger charge is -2.23. The fraction of sp³-hybridized carbons (Fsp3) is 0.440. The SMILES string of the molecule is CNc1nc(CCCCC(C)(C#N)n2ncc(Cl)cc2=O)c(C(F)(F)F)c(Nc2cnn(C(C)(C)C#N)c(=O)c2)n1. The highest BCUT2D eigenvalue weighted by atomic mass is 35.5. The number of unbranched alkanes of at least 4 members (excludes halogenated alkanes) is 1. The molecule has 1 atom stereocenters. The molecule has 0 radical (unpaired) electrons. The first-order valence-corrected chi connectivity index (χ1v) is 12.6. The zero-order valence-corrected chi connectivity index (χ0v) is 23.3. The number of nitrogens with zero attached hydrogens (tertiary/aromatic N) is 8. The molecule has 0 aromatic carbocycles. The third-order valence-corrected chi connectivity index (χ3v) is 6.37. The van der Waals surface area contributed by atoms with Gasteiger partial charge in [-0.1, -0.05) is 11.6 Å². The van der Waals surface area contributed by atoms with Gasteiger partial charge in [-0.05, 0) is 46.5 Å². The van der Waals surface area contributed by atoms with Crippen molar-refractivity contribution in [1.82, 2.24) is 29.5 Å². The van der Waals surface area contributed by atoms with E-state index in [1.807, 2.05) is 12.1 Å². The summed E-state index contributed by atoms with van der Waals surface area (Å²) in [5, 5.41) is 32.1. The van der Waals surface area contributed by atoms with Crippen LogP contribution in [0.15, 0.2) is 34.1 Å². The van der Waals surface area contributed by atoms with E-state index in [2.05, 4.69) is 30.8 Å². The van der Waals surface area contributed by atoms with E-state index in [4.69, 9.17) is 11.6 Å². The molecule has 2 N–H and O–H groups in total. The lowest BCUT2D eigenvalue weighted by Crippen LogP contribution is -2.39. The van der Waals surface area contributed by atoms with Gasteiger partial charge in [0.15, 0.2) is 0 Å². The Bertz CT molecular complexity index is 1640. The minimum atomic E-state index is -4.86. The van der Waals surface area contributed by atoms with Crippen molar-refractivity contribution in [3.63, 3.8) is 0 Å². The molecular weight excluding hydrogens is 565 g/mol. The molecule has 0 saturated heterocycles. The highest BCUT2D eigenvalue weighted by Gasteiger charge is 2.39. The Kier molecular flexibility index (Phi) is 9.03. The number of aromatic nitrogens is 6. The lowest BCUT2D eigenvalue weighted by atomic mass is 9.95.